The summed E-state index contributed by atoms with van der Waals surface area (Å²) in [5, 5.41) is 3.22. The lowest BCUT2D eigenvalue weighted by Gasteiger charge is -2.22. The molecule has 1 atom stereocenters. The van der Waals surface area contributed by atoms with Crippen molar-refractivity contribution in [3.63, 3.8) is 0 Å². The number of nitrogens with one attached hydrogen (secondary N) is 1. The van der Waals surface area contributed by atoms with E-state index in [2.05, 4.69) is 11.9 Å². The second-order valence-corrected chi connectivity index (χ2v) is 10.4. The van der Waals surface area contributed by atoms with Crippen molar-refractivity contribution in [2.45, 2.75) is 17.4 Å². The molecule has 220 valence electrons. The lowest BCUT2D eigenvalue weighted by molar-refractivity contribution is -0.141. The molecule has 0 aliphatic carbocycles. The van der Waals surface area contributed by atoms with Gasteiger partial charge in [0.15, 0.2) is 5.78 Å². The van der Waals surface area contributed by atoms with E-state index in [4.69, 9.17) is 9.47 Å². The van der Waals surface area contributed by atoms with Crippen molar-refractivity contribution in [2.75, 3.05) is 36.7 Å². The van der Waals surface area contributed by atoms with Gasteiger partial charge in [0.1, 0.15) is 18.4 Å². The number of ether oxygens (including phenoxy) is 2. The standard InChI is InChI=1S/C35H34N2O5S/c1-4-33(38)37(27-13-10-14-29(24-27)43-3)21-22-42-28-19-17-25(18-20-28)23-32(35(40)41-2)36-31-16-9-8-15-30(31)34(39)26-11-6-5-7-12-26/h4-20,24,32,36H,1,21-23H2,2-3H3. The first-order valence-corrected chi connectivity index (χ1v) is 15.0. The van der Waals surface area contributed by atoms with Crippen molar-refractivity contribution in [3.05, 3.63) is 132 Å². The third kappa shape index (κ3) is 8.36. The van der Waals surface area contributed by atoms with Crippen molar-refractivity contribution >= 4 is 40.8 Å². The third-order valence-corrected chi connectivity index (χ3v) is 7.50. The van der Waals surface area contributed by atoms with Gasteiger partial charge < -0.3 is 19.7 Å². The van der Waals surface area contributed by atoms with E-state index < -0.39 is 12.0 Å². The Morgan fingerprint density at radius 2 is 1.65 bits per heavy atom. The molecule has 4 aromatic carbocycles. The number of rotatable bonds is 14. The van der Waals surface area contributed by atoms with Crippen LogP contribution in [0.15, 0.2) is 121 Å². The summed E-state index contributed by atoms with van der Waals surface area (Å²) in [5.41, 5.74) is 3.24. The van der Waals surface area contributed by atoms with Gasteiger partial charge >= 0.3 is 5.97 Å². The Balaban J connectivity index is 1.41. The minimum Gasteiger partial charge on any atom is -0.492 e. The maximum absolute atomic E-state index is 13.2. The van der Waals surface area contributed by atoms with Gasteiger partial charge in [-0.25, -0.2) is 4.79 Å². The molecule has 0 bridgehead atoms. The molecule has 0 fully saturated rings. The number of benzene rings is 4. The molecule has 1 amide bonds. The van der Waals surface area contributed by atoms with E-state index in [0.717, 1.165) is 16.1 Å². The summed E-state index contributed by atoms with van der Waals surface area (Å²) < 4.78 is 11.0. The number of esters is 1. The normalized spacial score (nSPS) is 11.2. The average molecular weight is 595 g/mol. The molecule has 7 nitrogen and oxygen atoms in total. The molecule has 1 unspecified atom stereocenters. The number of para-hydroxylation sites is 1. The zero-order valence-corrected chi connectivity index (χ0v) is 25.0. The summed E-state index contributed by atoms with van der Waals surface area (Å²) in [5.74, 6) is -0.154. The van der Waals surface area contributed by atoms with Gasteiger partial charge in [-0.1, -0.05) is 67.2 Å². The predicted octanol–water partition coefficient (Wildman–Crippen LogP) is 6.43. The van der Waals surface area contributed by atoms with Crippen molar-refractivity contribution in [1.82, 2.24) is 0 Å². The summed E-state index contributed by atoms with van der Waals surface area (Å²) in [6.45, 7) is 4.26. The molecular formula is C35H34N2O5S. The fourth-order valence-electron chi connectivity index (χ4n) is 4.54. The van der Waals surface area contributed by atoms with Gasteiger partial charge in [-0.3, -0.25) is 9.59 Å². The lowest BCUT2D eigenvalue weighted by atomic mass is 10.00. The Hall–Kier alpha value is -4.82. The lowest BCUT2D eigenvalue weighted by Crippen LogP contribution is -2.33. The first kappa shape index (κ1) is 31.1. The second kappa shape index (κ2) is 15.4. The summed E-state index contributed by atoms with van der Waals surface area (Å²) in [7, 11) is 1.34. The number of hydrogen-bond donors (Lipinski definition) is 1. The van der Waals surface area contributed by atoms with Gasteiger partial charge in [-0.05, 0) is 60.4 Å². The van der Waals surface area contributed by atoms with Gasteiger partial charge in [-0.2, -0.15) is 0 Å². The highest BCUT2D eigenvalue weighted by molar-refractivity contribution is 7.98. The zero-order chi connectivity index (χ0) is 30.6. The maximum Gasteiger partial charge on any atom is 0.328 e. The molecule has 43 heavy (non-hydrogen) atoms. The van der Waals surface area contributed by atoms with Crippen LogP contribution in [-0.4, -0.2) is 50.2 Å². The van der Waals surface area contributed by atoms with E-state index >= 15 is 0 Å². The van der Waals surface area contributed by atoms with E-state index in [1.807, 2.05) is 79.1 Å². The van der Waals surface area contributed by atoms with E-state index in [-0.39, 0.29) is 18.3 Å². The first-order chi connectivity index (χ1) is 20.9. The van der Waals surface area contributed by atoms with Crippen LogP contribution in [0.25, 0.3) is 0 Å². The van der Waals surface area contributed by atoms with Gasteiger partial charge in [0.2, 0.25) is 5.91 Å². The van der Waals surface area contributed by atoms with Crippen LogP contribution in [0.2, 0.25) is 0 Å². The minimum atomic E-state index is -0.725. The van der Waals surface area contributed by atoms with Gasteiger partial charge in [0.05, 0.1) is 13.7 Å². The van der Waals surface area contributed by atoms with Crippen LogP contribution >= 0.6 is 11.8 Å². The number of ketones is 1. The second-order valence-electron chi connectivity index (χ2n) is 9.55. The fraction of sp³-hybridized carbons (Fsp3) is 0.171. The van der Waals surface area contributed by atoms with Crippen molar-refractivity contribution in [3.8, 4) is 5.75 Å². The largest absolute Gasteiger partial charge is 0.492 e. The number of carbonyl (C=O) groups is 3. The molecule has 0 aliphatic rings. The minimum absolute atomic E-state index is 0.140. The Morgan fingerprint density at radius 1 is 0.930 bits per heavy atom. The van der Waals surface area contributed by atoms with Crippen LogP contribution in [0.5, 0.6) is 5.75 Å². The summed E-state index contributed by atoms with van der Waals surface area (Å²) in [6.07, 6.45) is 3.61. The Bertz CT molecular complexity index is 1560. The molecule has 0 aromatic heterocycles. The van der Waals surface area contributed by atoms with Crippen molar-refractivity contribution in [2.24, 2.45) is 0 Å². The molecule has 0 aliphatic heterocycles. The van der Waals surface area contributed by atoms with E-state index in [0.29, 0.717) is 35.5 Å². The molecule has 0 radical (unpaired) electrons. The van der Waals surface area contributed by atoms with Crippen molar-refractivity contribution < 1.29 is 23.9 Å². The van der Waals surface area contributed by atoms with E-state index in [1.54, 1.807) is 47.0 Å². The number of thioether (sulfide) groups is 1. The molecular weight excluding hydrogens is 560 g/mol. The fourth-order valence-corrected chi connectivity index (χ4v) is 5.00. The first-order valence-electron chi connectivity index (χ1n) is 13.8. The number of carbonyl (C=O) groups excluding carboxylic acids is 3. The van der Waals surface area contributed by atoms with Crippen LogP contribution < -0.4 is 15.0 Å². The molecule has 8 heteroatoms. The van der Waals surface area contributed by atoms with Crippen LogP contribution in [0.4, 0.5) is 11.4 Å². The summed E-state index contributed by atoms with van der Waals surface area (Å²) in [6, 6.07) is 30.6. The number of amides is 1. The number of nitrogens with zero attached hydrogens (tertiary/aromatic N) is 1. The number of anilines is 2. The molecule has 0 spiro atoms. The van der Waals surface area contributed by atoms with Gasteiger partial charge in [0, 0.05) is 33.8 Å². The Labute approximate surface area is 256 Å². The molecule has 0 saturated carbocycles. The molecule has 4 aromatic rings. The van der Waals surface area contributed by atoms with Gasteiger partial charge in [-0.15, -0.1) is 11.8 Å². The zero-order valence-electron chi connectivity index (χ0n) is 24.2. The highest BCUT2D eigenvalue weighted by atomic mass is 32.2. The highest BCUT2D eigenvalue weighted by Gasteiger charge is 2.23. The van der Waals surface area contributed by atoms with E-state index in [1.165, 1.54) is 13.2 Å². The van der Waals surface area contributed by atoms with E-state index in [9.17, 15) is 14.4 Å². The quantitative estimate of drug-likeness (QED) is 0.0779. The predicted molar refractivity (Wildman–Crippen MR) is 172 cm³/mol. The molecule has 0 saturated heterocycles. The monoisotopic (exact) mass is 594 g/mol. The van der Waals surface area contributed by atoms with Crippen LogP contribution in [0, 0.1) is 0 Å². The SMILES string of the molecule is C=CC(=O)N(CCOc1ccc(CC(Nc2ccccc2C(=O)c2ccccc2)C(=O)OC)cc1)c1cccc(SC)c1. The number of hydrogen-bond acceptors (Lipinski definition) is 7. The smallest absolute Gasteiger partial charge is 0.328 e. The van der Waals surface area contributed by atoms with Crippen LogP contribution in [0.3, 0.4) is 0 Å². The Morgan fingerprint density at radius 3 is 2.35 bits per heavy atom. The van der Waals surface area contributed by atoms with Crippen molar-refractivity contribution in [1.29, 1.82) is 0 Å². The highest BCUT2D eigenvalue weighted by Crippen LogP contribution is 2.24. The summed E-state index contributed by atoms with van der Waals surface area (Å²) in [4.78, 5) is 41.1. The van der Waals surface area contributed by atoms with Crippen LogP contribution in [0.1, 0.15) is 21.5 Å². The Kier molecular flexibility index (Phi) is 11.2. The van der Waals surface area contributed by atoms with Crippen LogP contribution in [-0.2, 0) is 20.7 Å². The average Bonchev–Trinajstić information content (AvgIpc) is 3.06. The molecule has 4 rings (SSSR count). The topological polar surface area (TPSA) is 84.9 Å². The molecule has 0 heterocycles. The number of methoxy groups -OCH3 is 1. The third-order valence-electron chi connectivity index (χ3n) is 6.78. The summed E-state index contributed by atoms with van der Waals surface area (Å²) >= 11 is 1.61. The van der Waals surface area contributed by atoms with Gasteiger partial charge in [0.25, 0.3) is 0 Å². The molecule has 1 N–H and O–H groups in total. The maximum atomic E-state index is 13.2.